The van der Waals surface area contributed by atoms with Crippen LogP contribution in [-0.2, 0) is 13.0 Å². The molecule has 0 unspecified atom stereocenters. The number of rotatable bonds is 9. The van der Waals surface area contributed by atoms with Crippen LogP contribution in [0.3, 0.4) is 0 Å². The third-order valence-electron chi connectivity index (χ3n) is 3.69. The zero-order chi connectivity index (χ0) is 18.4. The fourth-order valence-corrected chi connectivity index (χ4v) is 3.84. The lowest BCUT2D eigenvalue weighted by atomic mass is 10.1. The molecule has 3 rings (SSSR count). The fourth-order valence-electron chi connectivity index (χ4n) is 2.35. The molecular formula is C17H18N4O3S2. The number of ether oxygens (including phenoxy) is 2. The Morgan fingerprint density at radius 3 is 2.88 bits per heavy atom. The van der Waals surface area contributed by atoms with E-state index in [0.29, 0.717) is 28.8 Å². The van der Waals surface area contributed by atoms with Crippen LogP contribution in [0.4, 0.5) is 0 Å². The van der Waals surface area contributed by atoms with Crippen LogP contribution in [0.15, 0.2) is 40.9 Å². The van der Waals surface area contributed by atoms with Gasteiger partial charge < -0.3 is 9.47 Å². The number of hydrogen-bond acceptors (Lipinski definition) is 8. The molecule has 3 aromatic rings. The van der Waals surface area contributed by atoms with Crippen molar-refractivity contribution in [1.29, 1.82) is 0 Å². The summed E-state index contributed by atoms with van der Waals surface area (Å²) < 4.78 is 12.2. The topological polar surface area (TPSA) is 79.1 Å². The summed E-state index contributed by atoms with van der Waals surface area (Å²) >= 11 is 3.02. The molecule has 0 saturated heterocycles. The van der Waals surface area contributed by atoms with Crippen molar-refractivity contribution in [1.82, 2.24) is 20.2 Å². The average Bonchev–Trinajstić information content (AvgIpc) is 3.35. The lowest BCUT2D eigenvalue weighted by Crippen LogP contribution is -2.08. The molecular weight excluding hydrogens is 372 g/mol. The predicted molar refractivity (Wildman–Crippen MR) is 100 cm³/mol. The van der Waals surface area contributed by atoms with Crippen LogP contribution in [0.2, 0.25) is 0 Å². The monoisotopic (exact) mass is 390 g/mol. The molecule has 136 valence electrons. The maximum Gasteiger partial charge on any atom is 0.209 e. The lowest BCUT2D eigenvalue weighted by molar-refractivity contribution is 0.101. The number of carbonyl (C=O) groups is 1. The summed E-state index contributed by atoms with van der Waals surface area (Å²) in [5.41, 5.74) is 0.483. The number of carbonyl (C=O) groups excluding carboxylic acids is 1. The predicted octanol–water partition coefficient (Wildman–Crippen LogP) is 2.97. The van der Waals surface area contributed by atoms with Gasteiger partial charge in [-0.15, -0.1) is 16.4 Å². The first-order chi connectivity index (χ1) is 12.7. The van der Waals surface area contributed by atoms with E-state index in [4.69, 9.17) is 9.47 Å². The molecule has 0 atom stereocenters. The van der Waals surface area contributed by atoms with Crippen molar-refractivity contribution >= 4 is 28.9 Å². The molecule has 0 aliphatic heterocycles. The summed E-state index contributed by atoms with van der Waals surface area (Å²) in [6.07, 6.45) is 0.855. The van der Waals surface area contributed by atoms with Gasteiger partial charge in [0, 0.05) is 11.3 Å². The van der Waals surface area contributed by atoms with Crippen molar-refractivity contribution < 1.29 is 14.3 Å². The second kappa shape index (κ2) is 8.81. The number of nitrogens with zero attached hydrogens (tertiary/aromatic N) is 4. The van der Waals surface area contributed by atoms with E-state index < -0.39 is 0 Å². The Hall–Kier alpha value is -2.39. The normalized spacial score (nSPS) is 10.7. The maximum atomic E-state index is 12.6. The second-order valence-electron chi connectivity index (χ2n) is 5.29. The van der Waals surface area contributed by atoms with Gasteiger partial charge in [0.15, 0.2) is 5.78 Å². The van der Waals surface area contributed by atoms with Crippen molar-refractivity contribution in [2.24, 2.45) is 0 Å². The van der Waals surface area contributed by atoms with E-state index in [9.17, 15) is 4.79 Å². The van der Waals surface area contributed by atoms with Crippen LogP contribution >= 0.6 is 23.1 Å². The third kappa shape index (κ3) is 4.41. The summed E-state index contributed by atoms with van der Waals surface area (Å²) in [7, 11) is 3.10. The number of thiophene rings is 1. The number of benzene rings is 1. The smallest absolute Gasteiger partial charge is 0.209 e. The highest BCUT2D eigenvalue weighted by Gasteiger charge is 2.16. The van der Waals surface area contributed by atoms with Crippen molar-refractivity contribution in [3.05, 3.63) is 46.2 Å². The molecule has 0 fully saturated rings. The Bertz CT molecular complexity index is 865. The number of Topliss-reactive ketones (excluding diaryl/α,β-unsaturated/α-hetero) is 1. The van der Waals surface area contributed by atoms with Gasteiger partial charge in [-0.25, -0.2) is 4.68 Å². The number of ketones is 1. The number of thioether (sulfide) groups is 1. The van der Waals surface area contributed by atoms with Gasteiger partial charge in [0.1, 0.15) is 11.5 Å². The molecule has 0 aliphatic rings. The number of tetrazole rings is 1. The fraction of sp³-hybridized carbons (Fsp3) is 0.294. The molecule has 9 heteroatoms. The highest BCUT2D eigenvalue weighted by Crippen LogP contribution is 2.26. The first-order valence-electron chi connectivity index (χ1n) is 7.88. The SMILES string of the molecule is COc1ccc(OC)c(C(=O)CSc2nnnn2CCc2cccs2)c1. The number of aromatic nitrogens is 4. The molecule has 2 heterocycles. The maximum absolute atomic E-state index is 12.6. The van der Waals surface area contributed by atoms with Gasteiger partial charge in [0.2, 0.25) is 5.16 Å². The number of hydrogen-bond donors (Lipinski definition) is 0. The van der Waals surface area contributed by atoms with Gasteiger partial charge in [0.25, 0.3) is 0 Å². The van der Waals surface area contributed by atoms with E-state index in [1.165, 1.54) is 23.7 Å². The highest BCUT2D eigenvalue weighted by atomic mass is 32.2. The molecule has 2 aromatic heterocycles. The van der Waals surface area contributed by atoms with Crippen LogP contribution in [-0.4, -0.2) is 46.0 Å². The van der Waals surface area contributed by atoms with E-state index in [1.807, 2.05) is 11.4 Å². The van der Waals surface area contributed by atoms with Gasteiger partial charge in [-0.1, -0.05) is 17.8 Å². The Balaban J connectivity index is 1.64. The minimum absolute atomic E-state index is 0.0708. The molecule has 0 radical (unpaired) electrons. The van der Waals surface area contributed by atoms with Gasteiger partial charge in [0.05, 0.1) is 32.1 Å². The Labute approximate surface area is 159 Å². The summed E-state index contributed by atoms with van der Waals surface area (Å²) in [6.45, 7) is 0.673. The van der Waals surface area contributed by atoms with E-state index in [-0.39, 0.29) is 11.5 Å². The van der Waals surface area contributed by atoms with E-state index in [1.54, 1.807) is 41.3 Å². The van der Waals surface area contributed by atoms with E-state index in [2.05, 4.69) is 21.6 Å². The summed E-state index contributed by atoms with van der Waals surface area (Å²) in [6, 6.07) is 9.27. The molecule has 0 spiro atoms. The van der Waals surface area contributed by atoms with Gasteiger partial charge in [-0.05, 0) is 40.1 Å². The summed E-state index contributed by atoms with van der Waals surface area (Å²) in [5.74, 6) is 1.27. The molecule has 26 heavy (non-hydrogen) atoms. The third-order valence-corrected chi connectivity index (χ3v) is 5.58. The van der Waals surface area contributed by atoms with Crippen LogP contribution in [0.5, 0.6) is 11.5 Å². The quantitative estimate of drug-likeness (QED) is 0.410. The summed E-state index contributed by atoms with van der Waals surface area (Å²) in [4.78, 5) is 13.9. The molecule has 0 saturated carbocycles. The molecule has 7 nitrogen and oxygen atoms in total. The Morgan fingerprint density at radius 2 is 2.15 bits per heavy atom. The van der Waals surface area contributed by atoms with Crippen LogP contribution in [0, 0.1) is 0 Å². The zero-order valence-electron chi connectivity index (χ0n) is 14.4. The van der Waals surface area contributed by atoms with Crippen LogP contribution < -0.4 is 9.47 Å². The molecule has 1 aromatic carbocycles. The Morgan fingerprint density at radius 1 is 1.27 bits per heavy atom. The first kappa shape index (κ1) is 18.4. The number of methoxy groups -OCH3 is 2. The first-order valence-corrected chi connectivity index (χ1v) is 9.74. The lowest BCUT2D eigenvalue weighted by Gasteiger charge is -2.09. The van der Waals surface area contributed by atoms with Crippen molar-refractivity contribution in [3.8, 4) is 11.5 Å². The minimum Gasteiger partial charge on any atom is -0.497 e. The van der Waals surface area contributed by atoms with Crippen molar-refractivity contribution in [2.75, 3.05) is 20.0 Å². The van der Waals surface area contributed by atoms with E-state index >= 15 is 0 Å². The standard InChI is InChI=1S/C17H18N4O3S2/c1-23-12-5-6-16(24-2)14(10-12)15(22)11-26-17-18-19-20-21(17)8-7-13-4-3-9-25-13/h3-6,9-10H,7-8,11H2,1-2H3. The van der Waals surface area contributed by atoms with Crippen LogP contribution in [0.1, 0.15) is 15.2 Å². The Kier molecular flexibility index (Phi) is 6.24. The summed E-state index contributed by atoms with van der Waals surface area (Å²) in [5, 5.41) is 14.4. The highest BCUT2D eigenvalue weighted by molar-refractivity contribution is 7.99. The van der Waals surface area contributed by atoms with Crippen LogP contribution in [0.25, 0.3) is 0 Å². The van der Waals surface area contributed by atoms with Gasteiger partial charge >= 0.3 is 0 Å². The molecule has 0 N–H and O–H groups in total. The minimum atomic E-state index is -0.0708. The van der Waals surface area contributed by atoms with Crippen molar-refractivity contribution in [2.45, 2.75) is 18.1 Å². The average molecular weight is 390 g/mol. The molecule has 0 amide bonds. The molecule has 0 bridgehead atoms. The van der Waals surface area contributed by atoms with E-state index in [0.717, 1.165) is 6.42 Å². The zero-order valence-corrected chi connectivity index (χ0v) is 16.0. The van der Waals surface area contributed by atoms with Gasteiger partial charge in [-0.3, -0.25) is 4.79 Å². The van der Waals surface area contributed by atoms with Crippen molar-refractivity contribution in [3.63, 3.8) is 0 Å². The second-order valence-corrected chi connectivity index (χ2v) is 7.27. The molecule has 0 aliphatic carbocycles. The largest absolute Gasteiger partial charge is 0.497 e. The number of aryl methyl sites for hydroxylation is 2. The van der Waals surface area contributed by atoms with Gasteiger partial charge in [-0.2, -0.15) is 0 Å².